The Balaban J connectivity index is 2.12. The standard InChI is InChI=1S/C16H12O3/c17-15(11-6-12-4-2-1-3-5-12)13-7-9-14(10-8-13)16(18)19/h1-11H,(H,18,19). The number of carbonyl (C=O) groups excluding carboxylic acids is 1. The summed E-state index contributed by atoms with van der Waals surface area (Å²) in [5, 5.41) is 8.77. The highest BCUT2D eigenvalue weighted by atomic mass is 16.4. The quantitative estimate of drug-likeness (QED) is 0.671. The molecule has 0 heterocycles. The number of aromatic carboxylic acids is 1. The van der Waals surface area contributed by atoms with Gasteiger partial charge >= 0.3 is 5.97 Å². The van der Waals surface area contributed by atoms with Gasteiger partial charge in [0.05, 0.1) is 5.56 Å². The molecule has 0 aliphatic rings. The molecule has 3 heteroatoms. The van der Waals surface area contributed by atoms with Crippen LogP contribution in [0.15, 0.2) is 60.7 Å². The van der Waals surface area contributed by atoms with E-state index in [1.54, 1.807) is 6.08 Å². The van der Waals surface area contributed by atoms with Crippen LogP contribution in [0.4, 0.5) is 0 Å². The molecule has 3 nitrogen and oxygen atoms in total. The van der Waals surface area contributed by atoms with Crippen molar-refractivity contribution in [3.05, 3.63) is 77.4 Å². The summed E-state index contributed by atoms with van der Waals surface area (Å²) in [5.74, 6) is -1.15. The van der Waals surface area contributed by atoms with Crippen LogP contribution in [0, 0.1) is 0 Å². The summed E-state index contributed by atoms with van der Waals surface area (Å²) >= 11 is 0. The summed E-state index contributed by atoms with van der Waals surface area (Å²) in [7, 11) is 0. The number of rotatable bonds is 4. The highest BCUT2D eigenvalue weighted by Crippen LogP contribution is 2.08. The minimum Gasteiger partial charge on any atom is -0.478 e. The van der Waals surface area contributed by atoms with Crippen molar-refractivity contribution in [3.8, 4) is 0 Å². The van der Waals surface area contributed by atoms with Crippen LogP contribution in [0.3, 0.4) is 0 Å². The Hall–Kier alpha value is -2.68. The Morgan fingerprint density at radius 2 is 1.42 bits per heavy atom. The predicted octanol–water partition coefficient (Wildman–Crippen LogP) is 3.28. The van der Waals surface area contributed by atoms with Gasteiger partial charge in [-0.25, -0.2) is 4.79 Å². The normalized spacial score (nSPS) is 10.5. The predicted molar refractivity (Wildman–Crippen MR) is 73.2 cm³/mol. The second-order valence-corrected chi connectivity index (χ2v) is 3.99. The Morgan fingerprint density at radius 1 is 0.842 bits per heavy atom. The molecule has 0 aliphatic carbocycles. The average Bonchev–Trinajstić information content (AvgIpc) is 2.46. The molecule has 0 radical (unpaired) electrons. The highest BCUT2D eigenvalue weighted by molar-refractivity contribution is 6.07. The molecule has 94 valence electrons. The van der Waals surface area contributed by atoms with E-state index in [9.17, 15) is 9.59 Å². The summed E-state index contributed by atoms with van der Waals surface area (Å²) in [6.07, 6.45) is 3.21. The molecule has 0 bridgehead atoms. The van der Waals surface area contributed by atoms with Gasteiger partial charge in [0, 0.05) is 5.56 Å². The molecule has 0 saturated carbocycles. The van der Waals surface area contributed by atoms with E-state index in [1.807, 2.05) is 30.3 Å². The minimum absolute atomic E-state index is 0.152. The van der Waals surface area contributed by atoms with Crippen molar-refractivity contribution in [1.82, 2.24) is 0 Å². The molecule has 0 amide bonds. The SMILES string of the molecule is O=C(O)c1ccc(C(=O)C=Cc2ccccc2)cc1. The maximum absolute atomic E-state index is 11.9. The lowest BCUT2D eigenvalue weighted by Crippen LogP contribution is -1.98. The van der Waals surface area contributed by atoms with Crippen LogP contribution < -0.4 is 0 Å². The number of carboxylic acids is 1. The van der Waals surface area contributed by atoms with E-state index in [4.69, 9.17) is 5.11 Å². The maximum atomic E-state index is 11.9. The van der Waals surface area contributed by atoms with Crippen LogP contribution in [-0.4, -0.2) is 16.9 Å². The molecule has 0 unspecified atom stereocenters. The second kappa shape index (κ2) is 5.78. The van der Waals surface area contributed by atoms with Crippen molar-refractivity contribution in [2.75, 3.05) is 0 Å². The van der Waals surface area contributed by atoms with Crippen molar-refractivity contribution < 1.29 is 14.7 Å². The van der Waals surface area contributed by atoms with E-state index in [0.29, 0.717) is 5.56 Å². The van der Waals surface area contributed by atoms with E-state index in [-0.39, 0.29) is 11.3 Å². The van der Waals surface area contributed by atoms with Gasteiger partial charge in [-0.1, -0.05) is 48.5 Å². The molecular weight excluding hydrogens is 240 g/mol. The lowest BCUT2D eigenvalue weighted by Gasteiger charge is -1.97. The summed E-state index contributed by atoms with van der Waals surface area (Å²) in [4.78, 5) is 22.6. The zero-order valence-electron chi connectivity index (χ0n) is 10.1. The van der Waals surface area contributed by atoms with E-state index >= 15 is 0 Å². The average molecular weight is 252 g/mol. The van der Waals surface area contributed by atoms with Crippen molar-refractivity contribution >= 4 is 17.8 Å². The number of carboxylic acid groups (broad SMARTS) is 1. The fraction of sp³-hybridized carbons (Fsp3) is 0. The molecule has 0 fully saturated rings. The van der Waals surface area contributed by atoms with Gasteiger partial charge in [-0.3, -0.25) is 4.79 Å². The summed E-state index contributed by atoms with van der Waals surface area (Å²) in [6, 6.07) is 15.4. The largest absolute Gasteiger partial charge is 0.478 e. The fourth-order valence-electron chi connectivity index (χ4n) is 1.61. The van der Waals surface area contributed by atoms with E-state index in [0.717, 1.165) is 5.56 Å². The Bertz CT molecular complexity index is 610. The smallest absolute Gasteiger partial charge is 0.335 e. The highest BCUT2D eigenvalue weighted by Gasteiger charge is 2.05. The second-order valence-electron chi connectivity index (χ2n) is 3.99. The van der Waals surface area contributed by atoms with Crippen LogP contribution >= 0.6 is 0 Å². The lowest BCUT2D eigenvalue weighted by atomic mass is 10.1. The third-order valence-electron chi connectivity index (χ3n) is 2.64. The van der Waals surface area contributed by atoms with Crippen LogP contribution in [0.2, 0.25) is 0 Å². The summed E-state index contributed by atoms with van der Waals surface area (Å²) in [5.41, 5.74) is 1.58. The third kappa shape index (κ3) is 3.39. The maximum Gasteiger partial charge on any atom is 0.335 e. The molecule has 2 aromatic rings. The van der Waals surface area contributed by atoms with Gasteiger partial charge in [0.25, 0.3) is 0 Å². The number of hydrogen-bond acceptors (Lipinski definition) is 2. The summed E-state index contributed by atoms with van der Waals surface area (Å²) < 4.78 is 0. The van der Waals surface area contributed by atoms with Gasteiger partial charge < -0.3 is 5.11 Å². The molecule has 0 saturated heterocycles. The van der Waals surface area contributed by atoms with E-state index in [1.165, 1.54) is 30.3 Å². The molecule has 0 aromatic heterocycles. The van der Waals surface area contributed by atoms with Gasteiger partial charge in [0.15, 0.2) is 5.78 Å². The number of hydrogen-bond donors (Lipinski definition) is 1. The zero-order valence-corrected chi connectivity index (χ0v) is 10.1. The summed E-state index contributed by atoms with van der Waals surface area (Å²) in [6.45, 7) is 0. The monoisotopic (exact) mass is 252 g/mol. The number of carbonyl (C=O) groups is 2. The van der Waals surface area contributed by atoms with Crippen molar-refractivity contribution in [3.63, 3.8) is 0 Å². The first-order chi connectivity index (χ1) is 9.16. The third-order valence-corrected chi connectivity index (χ3v) is 2.64. The molecular formula is C16H12O3. The number of ketones is 1. The number of benzene rings is 2. The molecule has 1 N–H and O–H groups in total. The van der Waals surface area contributed by atoms with Gasteiger partial charge in [0.2, 0.25) is 0 Å². The first kappa shape index (κ1) is 12.8. The van der Waals surface area contributed by atoms with Crippen LogP contribution in [-0.2, 0) is 0 Å². The van der Waals surface area contributed by atoms with Crippen LogP contribution in [0.5, 0.6) is 0 Å². The molecule has 2 rings (SSSR count). The van der Waals surface area contributed by atoms with Gasteiger partial charge in [-0.15, -0.1) is 0 Å². The lowest BCUT2D eigenvalue weighted by molar-refractivity contribution is 0.0696. The zero-order chi connectivity index (χ0) is 13.7. The van der Waals surface area contributed by atoms with E-state index < -0.39 is 5.97 Å². The van der Waals surface area contributed by atoms with Crippen molar-refractivity contribution in [2.45, 2.75) is 0 Å². The molecule has 0 aliphatic heterocycles. The minimum atomic E-state index is -1.00. The fourth-order valence-corrected chi connectivity index (χ4v) is 1.61. The molecule has 19 heavy (non-hydrogen) atoms. The topological polar surface area (TPSA) is 54.4 Å². The van der Waals surface area contributed by atoms with Crippen molar-refractivity contribution in [1.29, 1.82) is 0 Å². The van der Waals surface area contributed by atoms with Crippen LogP contribution in [0.25, 0.3) is 6.08 Å². The van der Waals surface area contributed by atoms with Gasteiger partial charge in [-0.2, -0.15) is 0 Å². The Labute approximate surface area is 110 Å². The molecule has 0 atom stereocenters. The van der Waals surface area contributed by atoms with Gasteiger partial charge in [0.1, 0.15) is 0 Å². The van der Waals surface area contributed by atoms with Gasteiger partial charge in [-0.05, 0) is 23.8 Å². The van der Waals surface area contributed by atoms with Crippen LogP contribution in [0.1, 0.15) is 26.3 Å². The molecule has 0 spiro atoms. The number of allylic oxidation sites excluding steroid dienone is 1. The first-order valence-corrected chi connectivity index (χ1v) is 5.77. The Kier molecular flexibility index (Phi) is 3.88. The Morgan fingerprint density at radius 3 is 2.00 bits per heavy atom. The molecule has 2 aromatic carbocycles. The first-order valence-electron chi connectivity index (χ1n) is 5.77. The van der Waals surface area contributed by atoms with Crippen molar-refractivity contribution in [2.24, 2.45) is 0 Å². The van der Waals surface area contributed by atoms with E-state index in [2.05, 4.69) is 0 Å².